The maximum Gasteiger partial charge on any atom is 0.140 e. The molecule has 1 aliphatic carbocycles. The molecule has 0 spiro atoms. The molecule has 0 atom stereocenters. The molecule has 0 saturated heterocycles. The van der Waals surface area contributed by atoms with E-state index < -0.39 is 0 Å². The van der Waals surface area contributed by atoms with Gasteiger partial charge in [-0.3, -0.25) is 0 Å². The molecule has 2 aromatic rings. The average molecular weight is 229 g/mol. The molecule has 3 rings (SSSR count). The molecule has 0 amide bonds. The normalized spacial score (nSPS) is 14.4. The van der Waals surface area contributed by atoms with Crippen LogP contribution < -0.4 is 4.74 Å². The highest BCUT2D eigenvalue weighted by atomic mass is 16.5. The van der Waals surface area contributed by atoms with E-state index >= 15 is 0 Å². The molecule has 3 heteroatoms. The van der Waals surface area contributed by atoms with Crippen LogP contribution >= 0.6 is 0 Å². The minimum Gasteiger partial charge on any atom is -0.497 e. The van der Waals surface area contributed by atoms with E-state index in [1.165, 1.54) is 18.4 Å². The van der Waals surface area contributed by atoms with Crippen LogP contribution in [0.15, 0.2) is 28.8 Å². The van der Waals surface area contributed by atoms with E-state index in [9.17, 15) is 0 Å². The largest absolute Gasteiger partial charge is 0.497 e. The van der Waals surface area contributed by atoms with Gasteiger partial charge in [0.1, 0.15) is 17.2 Å². The van der Waals surface area contributed by atoms with Crippen LogP contribution in [0, 0.1) is 0 Å². The zero-order valence-corrected chi connectivity index (χ0v) is 9.90. The summed E-state index contributed by atoms with van der Waals surface area (Å²) in [5.74, 6) is 1.94. The number of hydrogen-bond acceptors (Lipinski definition) is 3. The lowest BCUT2D eigenvalue weighted by molar-refractivity contribution is 0.374. The number of aryl methyl sites for hydroxylation is 1. The van der Waals surface area contributed by atoms with Crippen molar-refractivity contribution in [3.63, 3.8) is 0 Å². The lowest BCUT2D eigenvalue weighted by Gasteiger charge is -2.09. The molecule has 0 radical (unpaired) electrons. The van der Waals surface area contributed by atoms with Gasteiger partial charge in [-0.15, -0.1) is 0 Å². The van der Waals surface area contributed by atoms with Crippen LogP contribution in [0.1, 0.15) is 24.2 Å². The first-order chi connectivity index (χ1) is 8.38. The minimum absolute atomic E-state index is 0.867. The average Bonchev–Trinajstić information content (AvgIpc) is 2.83. The number of hydrogen-bond donors (Lipinski definition) is 0. The number of fused-ring (bicyclic) bond motifs is 1. The van der Waals surface area contributed by atoms with Crippen LogP contribution in [0.25, 0.3) is 11.3 Å². The fourth-order valence-corrected chi connectivity index (χ4v) is 2.36. The Morgan fingerprint density at radius 1 is 1.12 bits per heavy atom. The topological polar surface area (TPSA) is 35.3 Å². The summed E-state index contributed by atoms with van der Waals surface area (Å²) >= 11 is 0. The molecule has 17 heavy (non-hydrogen) atoms. The summed E-state index contributed by atoms with van der Waals surface area (Å²) in [6.07, 6.45) is 4.56. The van der Waals surface area contributed by atoms with Crippen molar-refractivity contribution in [2.45, 2.75) is 25.7 Å². The third-order valence-corrected chi connectivity index (χ3v) is 3.31. The van der Waals surface area contributed by atoms with E-state index in [1.807, 2.05) is 24.3 Å². The number of nitrogens with zero attached hydrogens (tertiary/aromatic N) is 1. The fourth-order valence-electron chi connectivity index (χ4n) is 2.36. The Morgan fingerprint density at radius 2 is 1.88 bits per heavy atom. The molecule has 0 N–H and O–H groups in total. The number of rotatable bonds is 2. The van der Waals surface area contributed by atoms with E-state index in [1.54, 1.807) is 7.11 Å². The predicted molar refractivity (Wildman–Crippen MR) is 65.1 cm³/mol. The predicted octanol–water partition coefficient (Wildman–Crippen LogP) is 3.23. The van der Waals surface area contributed by atoms with Crippen LogP contribution in [0.2, 0.25) is 0 Å². The Labute approximate surface area is 100 Å². The third kappa shape index (κ3) is 1.82. The van der Waals surface area contributed by atoms with E-state index in [4.69, 9.17) is 9.26 Å². The second kappa shape index (κ2) is 4.24. The van der Waals surface area contributed by atoms with Gasteiger partial charge in [0.15, 0.2) is 0 Å². The molecule has 88 valence electrons. The van der Waals surface area contributed by atoms with Crippen molar-refractivity contribution in [2.75, 3.05) is 7.11 Å². The molecule has 0 aliphatic heterocycles. The van der Waals surface area contributed by atoms with Crippen molar-refractivity contribution >= 4 is 0 Å². The Balaban J connectivity index is 2.00. The summed E-state index contributed by atoms with van der Waals surface area (Å²) in [5.41, 5.74) is 3.40. The fraction of sp³-hybridized carbons (Fsp3) is 0.357. The highest BCUT2D eigenvalue weighted by Gasteiger charge is 2.20. The van der Waals surface area contributed by atoms with E-state index in [-0.39, 0.29) is 0 Å². The van der Waals surface area contributed by atoms with Crippen LogP contribution in [0.4, 0.5) is 0 Å². The number of methoxy groups -OCH3 is 1. The lowest BCUT2D eigenvalue weighted by atomic mass is 9.94. The van der Waals surface area contributed by atoms with Gasteiger partial charge < -0.3 is 9.26 Å². The summed E-state index contributed by atoms with van der Waals surface area (Å²) in [6, 6.07) is 7.98. The van der Waals surface area contributed by atoms with Crippen molar-refractivity contribution in [1.82, 2.24) is 5.16 Å². The molecule has 1 aromatic carbocycles. The van der Waals surface area contributed by atoms with E-state index in [2.05, 4.69) is 5.16 Å². The van der Waals surface area contributed by atoms with E-state index in [0.717, 1.165) is 35.6 Å². The number of ether oxygens (including phenoxy) is 1. The van der Waals surface area contributed by atoms with Gasteiger partial charge in [-0.2, -0.15) is 0 Å². The van der Waals surface area contributed by atoms with Gasteiger partial charge in [0.25, 0.3) is 0 Å². The van der Waals surface area contributed by atoms with Gasteiger partial charge in [-0.25, -0.2) is 0 Å². The highest BCUT2D eigenvalue weighted by molar-refractivity contribution is 5.64. The zero-order valence-electron chi connectivity index (χ0n) is 9.90. The molecule has 0 saturated carbocycles. The van der Waals surface area contributed by atoms with Crippen molar-refractivity contribution in [3.05, 3.63) is 35.6 Å². The second-order valence-corrected chi connectivity index (χ2v) is 4.37. The lowest BCUT2D eigenvalue weighted by Crippen LogP contribution is -1.99. The monoisotopic (exact) mass is 229 g/mol. The van der Waals surface area contributed by atoms with E-state index in [0.29, 0.717) is 0 Å². The van der Waals surface area contributed by atoms with Crippen LogP contribution in [0.5, 0.6) is 5.75 Å². The first-order valence-corrected chi connectivity index (χ1v) is 6.00. The second-order valence-electron chi connectivity index (χ2n) is 4.37. The summed E-state index contributed by atoms with van der Waals surface area (Å²) in [5, 5.41) is 4.21. The summed E-state index contributed by atoms with van der Waals surface area (Å²) in [4.78, 5) is 0. The standard InChI is InChI=1S/C14H15NO2/c1-16-11-8-6-10(7-9-11)14-12-4-2-3-5-13(12)17-15-14/h6-9H,2-5H2,1H3. The molecule has 1 heterocycles. The zero-order chi connectivity index (χ0) is 11.7. The van der Waals surface area contributed by atoms with Crippen LogP contribution in [-0.2, 0) is 12.8 Å². The van der Waals surface area contributed by atoms with Crippen molar-refractivity contribution in [2.24, 2.45) is 0 Å². The Hall–Kier alpha value is -1.77. The first-order valence-electron chi connectivity index (χ1n) is 6.00. The molecule has 0 bridgehead atoms. The first kappa shape index (κ1) is 10.4. The quantitative estimate of drug-likeness (QED) is 0.793. The molecular formula is C14H15NO2. The van der Waals surface area contributed by atoms with Crippen molar-refractivity contribution in [1.29, 1.82) is 0 Å². The summed E-state index contributed by atoms with van der Waals surface area (Å²) in [6.45, 7) is 0. The Kier molecular flexibility index (Phi) is 2.59. The molecule has 0 fully saturated rings. The summed E-state index contributed by atoms with van der Waals surface area (Å²) in [7, 11) is 1.67. The highest BCUT2D eigenvalue weighted by Crippen LogP contribution is 2.31. The smallest absolute Gasteiger partial charge is 0.140 e. The molecule has 3 nitrogen and oxygen atoms in total. The molecule has 0 unspecified atom stereocenters. The molecule has 1 aliphatic rings. The minimum atomic E-state index is 0.867. The van der Waals surface area contributed by atoms with Gasteiger partial charge in [-0.1, -0.05) is 5.16 Å². The molecule has 1 aromatic heterocycles. The Bertz CT molecular complexity index is 514. The van der Waals surface area contributed by atoms with Gasteiger partial charge in [0.2, 0.25) is 0 Å². The van der Waals surface area contributed by atoms with Crippen LogP contribution in [-0.4, -0.2) is 12.3 Å². The van der Waals surface area contributed by atoms with Gasteiger partial charge in [0, 0.05) is 17.5 Å². The third-order valence-electron chi connectivity index (χ3n) is 3.31. The SMILES string of the molecule is COc1ccc(-c2noc3c2CCCC3)cc1. The number of benzene rings is 1. The van der Waals surface area contributed by atoms with Gasteiger partial charge in [0.05, 0.1) is 7.11 Å². The van der Waals surface area contributed by atoms with Crippen molar-refractivity contribution in [3.8, 4) is 17.0 Å². The van der Waals surface area contributed by atoms with Crippen molar-refractivity contribution < 1.29 is 9.26 Å². The number of aromatic nitrogens is 1. The maximum atomic E-state index is 5.42. The van der Waals surface area contributed by atoms with Gasteiger partial charge in [-0.05, 0) is 43.5 Å². The Morgan fingerprint density at radius 3 is 2.65 bits per heavy atom. The molecular weight excluding hydrogens is 214 g/mol. The summed E-state index contributed by atoms with van der Waals surface area (Å²) < 4.78 is 10.6. The maximum absolute atomic E-state index is 5.42. The van der Waals surface area contributed by atoms with Gasteiger partial charge >= 0.3 is 0 Å². The van der Waals surface area contributed by atoms with Crippen LogP contribution in [0.3, 0.4) is 0 Å².